The Labute approximate surface area is 146 Å². The van der Waals surface area contributed by atoms with Gasteiger partial charge < -0.3 is 14.7 Å². The molecular formula is C20H31N3O. The second-order valence-corrected chi connectivity index (χ2v) is 7.50. The lowest BCUT2D eigenvalue weighted by molar-refractivity contribution is -0.131. The summed E-state index contributed by atoms with van der Waals surface area (Å²) in [6.45, 7) is 11.3. The first-order valence-corrected chi connectivity index (χ1v) is 9.43. The summed E-state index contributed by atoms with van der Waals surface area (Å²) < 4.78 is 0. The number of nitrogens with zero attached hydrogens (tertiary/aromatic N) is 3. The van der Waals surface area contributed by atoms with Crippen LogP contribution in [0.15, 0.2) is 24.3 Å². The average Bonchev–Trinajstić information content (AvgIpc) is 2.61. The van der Waals surface area contributed by atoms with Gasteiger partial charge in [0.25, 0.3) is 0 Å². The third kappa shape index (κ3) is 4.50. The molecule has 132 valence electrons. The van der Waals surface area contributed by atoms with Crippen LogP contribution in [0.5, 0.6) is 0 Å². The Kier molecular flexibility index (Phi) is 5.77. The van der Waals surface area contributed by atoms with Crippen LogP contribution >= 0.6 is 0 Å². The van der Waals surface area contributed by atoms with Crippen LogP contribution in [-0.4, -0.2) is 61.5 Å². The molecule has 0 bridgehead atoms. The minimum atomic E-state index is 0.330. The third-order valence-corrected chi connectivity index (χ3v) is 5.41. The zero-order valence-corrected chi connectivity index (χ0v) is 15.2. The smallest absolute Gasteiger partial charge is 0.223 e. The van der Waals surface area contributed by atoms with E-state index >= 15 is 0 Å². The first-order chi connectivity index (χ1) is 11.6. The zero-order valence-electron chi connectivity index (χ0n) is 15.2. The number of piperidine rings is 1. The van der Waals surface area contributed by atoms with E-state index in [1.165, 1.54) is 30.6 Å². The monoisotopic (exact) mass is 329 g/mol. The molecule has 1 aromatic rings. The third-order valence-electron chi connectivity index (χ3n) is 5.41. The Morgan fingerprint density at radius 2 is 1.79 bits per heavy atom. The van der Waals surface area contributed by atoms with Crippen LogP contribution in [0.2, 0.25) is 0 Å². The number of hydrogen-bond acceptors (Lipinski definition) is 3. The van der Waals surface area contributed by atoms with Gasteiger partial charge in [-0.3, -0.25) is 4.79 Å². The molecule has 0 N–H and O–H groups in total. The van der Waals surface area contributed by atoms with Crippen molar-refractivity contribution in [2.45, 2.75) is 33.1 Å². The van der Waals surface area contributed by atoms with E-state index in [2.05, 4.69) is 52.8 Å². The van der Waals surface area contributed by atoms with Gasteiger partial charge >= 0.3 is 0 Å². The lowest BCUT2D eigenvalue weighted by Crippen LogP contribution is -2.49. The van der Waals surface area contributed by atoms with Crippen molar-refractivity contribution in [1.82, 2.24) is 9.80 Å². The Morgan fingerprint density at radius 3 is 2.46 bits per heavy atom. The maximum atomic E-state index is 12.5. The summed E-state index contributed by atoms with van der Waals surface area (Å²) in [5, 5.41) is 0. The van der Waals surface area contributed by atoms with Crippen molar-refractivity contribution in [3.63, 3.8) is 0 Å². The van der Waals surface area contributed by atoms with Crippen LogP contribution in [0.25, 0.3) is 0 Å². The van der Waals surface area contributed by atoms with Crippen LogP contribution < -0.4 is 4.90 Å². The van der Waals surface area contributed by atoms with E-state index in [0.29, 0.717) is 12.3 Å². The lowest BCUT2D eigenvalue weighted by atomic mass is 10.0. The van der Waals surface area contributed by atoms with Gasteiger partial charge in [0, 0.05) is 51.4 Å². The molecule has 1 aromatic carbocycles. The van der Waals surface area contributed by atoms with Gasteiger partial charge in [0.2, 0.25) is 5.91 Å². The van der Waals surface area contributed by atoms with Crippen LogP contribution in [0.4, 0.5) is 5.69 Å². The number of carbonyl (C=O) groups excluding carboxylic acids is 1. The molecular weight excluding hydrogens is 298 g/mol. The molecule has 0 spiro atoms. The molecule has 2 aliphatic rings. The van der Waals surface area contributed by atoms with Crippen molar-refractivity contribution in [3.05, 3.63) is 29.8 Å². The molecule has 3 rings (SSSR count). The van der Waals surface area contributed by atoms with Crippen molar-refractivity contribution in [1.29, 1.82) is 0 Å². The highest BCUT2D eigenvalue weighted by Gasteiger charge is 2.22. The molecule has 1 atom stereocenters. The molecule has 2 saturated heterocycles. The van der Waals surface area contributed by atoms with Crippen LogP contribution in [0, 0.1) is 12.8 Å². The molecule has 2 heterocycles. The number of amides is 1. The highest BCUT2D eigenvalue weighted by Crippen LogP contribution is 2.18. The topological polar surface area (TPSA) is 26.8 Å². The first-order valence-electron chi connectivity index (χ1n) is 9.43. The van der Waals surface area contributed by atoms with Crippen molar-refractivity contribution >= 4 is 11.6 Å². The molecule has 0 aliphatic carbocycles. The number of hydrogen-bond donors (Lipinski definition) is 0. The lowest BCUT2D eigenvalue weighted by Gasteiger charge is -2.37. The molecule has 0 radical (unpaired) electrons. The predicted molar refractivity (Wildman–Crippen MR) is 99.4 cm³/mol. The SMILES string of the molecule is Cc1ccc(N2CCN(C(=O)CCN3CCC[C@@H](C)C3)CC2)cc1. The second-order valence-electron chi connectivity index (χ2n) is 7.50. The Morgan fingerprint density at radius 1 is 1.08 bits per heavy atom. The van der Waals surface area contributed by atoms with E-state index in [1.807, 2.05) is 0 Å². The molecule has 4 heteroatoms. The maximum Gasteiger partial charge on any atom is 0.223 e. The molecule has 1 amide bonds. The number of anilines is 1. The summed E-state index contributed by atoms with van der Waals surface area (Å²) in [6.07, 6.45) is 3.30. The normalized spacial score (nSPS) is 22.7. The number of piperazine rings is 1. The highest BCUT2D eigenvalue weighted by molar-refractivity contribution is 5.76. The minimum Gasteiger partial charge on any atom is -0.368 e. The van der Waals surface area contributed by atoms with Gasteiger partial charge in [0.1, 0.15) is 0 Å². The minimum absolute atomic E-state index is 0.330. The average molecular weight is 329 g/mol. The molecule has 0 aromatic heterocycles. The molecule has 4 nitrogen and oxygen atoms in total. The van der Waals surface area contributed by atoms with Crippen molar-refractivity contribution < 1.29 is 4.79 Å². The summed E-state index contributed by atoms with van der Waals surface area (Å²) >= 11 is 0. The number of carbonyl (C=O) groups is 1. The molecule has 2 fully saturated rings. The summed E-state index contributed by atoms with van der Waals surface area (Å²) in [4.78, 5) is 19.4. The fourth-order valence-corrected chi connectivity index (χ4v) is 3.87. The number of likely N-dealkylation sites (tertiary alicyclic amines) is 1. The van der Waals surface area contributed by atoms with E-state index in [-0.39, 0.29) is 0 Å². The second kappa shape index (κ2) is 8.02. The van der Waals surface area contributed by atoms with Gasteiger partial charge in [-0.25, -0.2) is 0 Å². The van der Waals surface area contributed by atoms with E-state index in [1.54, 1.807) is 0 Å². The zero-order chi connectivity index (χ0) is 16.9. The van der Waals surface area contributed by atoms with Gasteiger partial charge in [0.05, 0.1) is 0 Å². The maximum absolute atomic E-state index is 12.5. The fourth-order valence-electron chi connectivity index (χ4n) is 3.87. The molecule has 24 heavy (non-hydrogen) atoms. The molecule has 2 aliphatic heterocycles. The van der Waals surface area contributed by atoms with Gasteiger partial charge in [-0.1, -0.05) is 24.6 Å². The largest absolute Gasteiger partial charge is 0.368 e. The summed E-state index contributed by atoms with van der Waals surface area (Å²) in [5.41, 5.74) is 2.56. The van der Waals surface area contributed by atoms with Crippen molar-refractivity contribution in [3.8, 4) is 0 Å². The fraction of sp³-hybridized carbons (Fsp3) is 0.650. The highest BCUT2D eigenvalue weighted by atomic mass is 16.2. The van der Waals surface area contributed by atoms with E-state index in [0.717, 1.165) is 45.2 Å². The molecule has 0 saturated carbocycles. The standard InChI is InChI=1S/C20H31N3O/c1-17-5-7-19(8-6-17)22-12-14-23(15-13-22)20(24)9-11-21-10-3-4-18(2)16-21/h5-8,18H,3-4,9-16H2,1-2H3/t18-/m1/s1. The molecule has 0 unspecified atom stereocenters. The number of rotatable bonds is 4. The number of aryl methyl sites for hydroxylation is 1. The van der Waals surface area contributed by atoms with E-state index in [9.17, 15) is 4.79 Å². The summed E-state index contributed by atoms with van der Waals surface area (Å²) in [6, 6.07) is 8.69. The van der Waals surface area contributed by atoms with Crippen LogP contribution in [0.3, 0.4) is 0 Å². The van der Waals surface area contributed by atoms with Crippen molar-refractivity contribution in [2.24, 2.45) is 5.92 Å². The van der Waals surface area contributed by atoms with Crippen molar-refractivity contribution in [2.75, 3.05) is 50.7 Å². The van der Waals surface area contributed by atoms with Gasteiger partial charge in [0.15, 0.2) is 0 Å². The van der Waals surface area contributed by atoms with Gasteiger partial charge in [-0.2, -0.15) is 0 Å². The van der Waals surface area contributed by atoms with Gasteiger partial charge in [-0.15, -0.1) is 0 Å². The van der Waals surface area contributed by atoms with Crippen LogP contribution in [0.1, 0.15) is 31.7 Å². The summed E-state index contributed by atoms with van der Waals surface area (Å²) in [7, 11) is 0. The summed E-state index contributed by atoms with van der Waals surface area (Å²) in [5.74, 6) is 1.11. The quantitative estimate of drug-likeness (QED) is 0.850. The number of benzene rings is 1. The predicted octanol–water partition coefficient (Wildman–Crippen LogP) is 2.77. The van der Waals surface area contributed by atoms with Gasteiger partial charge in [-0.05, 0) is 44.4 Å². The van der Waals surface area contributed by atoms with Crippen LogP contribution in [-0.2, 0) is 4.79 Å². The Balaban J connectivity index is 1.42. The van der Waals surface area contributed by atoms with E-state index in [4.69, 9.17) is 0 Å². The Bertz CT molecular complexity index is 534. The van der Waals surface area contributed by atoms with E-state index < -0.39 is 0 Å². The Hall–Kier alpha value is -1.55. The first kappa shape index (κ1) is 17.3.